The van der Waals surface area contributed by atoms with Crippen molar-refractivity contribution in [3.63, 3.8) is 0 Å². The van der Waals surface area contributed by atoms with E-state index in [1.165, 1.54) is 7.05 Å². The molecule has 2 N–H and O–H groups in total. The van der Waals surface area contributed by atoms with E-state index < -0.39 is 17.5 Å². The van der Waals surface area contributed by atoms with Crippen molar-refractivity contribution in [1.29, 1.82) is 0 Å². The first-order valence-electron chi connectivity index (χ1n) is 6.47. The van der Waals surface area contributed by atoms with Crippen molar-refractivity contribution in [3.8, 4) is 0 Å². The summed E-state index contributed by atoms with van der Waals surface area (Å²) in [5.41, 5.74) is -0.252. The third-order valence-corrected chi connectivity index (χ3v) is 2.94. The fourth-order valence-electron chi connectivity index (χ4n) is 1.77. The molecule has 1 aromatic carbocycles. The number of anilines is 1. The first-order valence-corrected chi connectivity index (χ1v) is 6.47. The summed E-state index contributed by atoms with van der Waals surface area (Å²) in [7, 11) is 5.30. The fourth-order valence-corrected chi connectivity index (χ4v) is 1.77. The summed E-state index contributed by atoms with van der Waals surface area (Å²) in [6.07, 6.45) is 0.762. The highest BCUT2D eigenvalue weighted by atomic mass is 19.1. The smallest absolute Gasteiger partial charge is 0.251 e. The first kappa shape index (κ1) is 16.4. The van der Waals surface area contributed by atoms with Crippen LogP contribution in [0, 0.1) is 11.6 Å². The van der Waals surface area contributed by atoms with Crippen LogP contribution in [0.15, 0.2) is 12.1 Å². The highest BCUT2D eigenvalue weighted by Crippen LogP contribution is 2.20. The number of nitrogens with zero attached hydrogens (tertiary/aromatic N) is 1. The van der Waals surface area contributed by atoms with Crippen molar-refractivity contribution in [2.24, 2.45) is 0 Å². The number of hydrogen-bond donors (Lipinski definition) is 2. The maximum Gasteiger partial charge on any atom is 0.251 e. The van der Waals surface area contributed by atoms with Crippen molar-refractivity contribution >= 4 is 11.6 Å². The molecule has 0 heterocycles. The van der Waals surface area contributed by atoms with E-state index in [2.05, 4.69) is 10.6 Å². The molecule has 6 heteroatoms. The number of carbonyl (C=O) groups is 1. The number of carbonyl (C=O) groups excluding carboxylic acids is 1. The maximum atomic E-state index is 13.6. The molecule has 0 radical (unpaired) electrons. The molecule has 0 spiro atoms. The molecule has 20 heavy (non-hydrogen) atoms. The zero-order chi connectivity index (χ0) is 15.3. The number of hydrogen-bond acceptors (Lipinski definition) is 3. The second kappa shape index (κ2) is 7.19. The van der Waals surface area contributed by atoms with Crippen molar-refractivity contribution in [1.82, 2.24) is 10.2 Å². The van der Waals surface area contributed by atoms with E-state index >= 15 is 0 Å². The van der Waals surface area contributed by atoms with E-state index in [1.807, 2.05) is 25.9 Å². The Labute approximate surface area is 118 Å². The average molecular weight is 285 g/mol. The van der Waals surface area contributed by atoms with Crippen LogP contribution < -0.4 is 10.6 Å². The molecule has 0 bridgehead atoms. The van der Waals surface area contributed by atoms with E-state index in [1.54, 1.807) is 0 Å². The van der Waals surface area contributed by atoms with Gasteiger partial charge in [0.25, 0.3) is 5.91 Å². The SMILES string of the molecule is CNc1c(F)cc(C(=O)NC(C)CCN(C)C)cc1F. The topological polar surface area (TPSA) is 44.4 Å². The van der Waals surface area contributed by atoms with Gasteiger partial charge in [0, 0.05) is 18.7 Å². The van der Waals surface area contributed by atoms with Gasteiger partial charge >= 0.3 is 0 Å². The molecular weight excluding hydrogens is 264 g/mol. The highest BCUT2D eigenvalue weighted by Gasteiger charge is 2.15. The number of nitrogens with one attached hydrogen (secondary N) is 2. The van der Waals surface area contributed by atoms with Crippen LogP contribution in [0.3, 0.4) is 0 Å². The summed E-state index contributed by atoms with van der Waals surface area (Å²) >= 11 is 0. The largest absolute Gasteiger partial charge is 0.383 e. The minimum Gasteiger partial charge on any atom is -0.383 e. The summed E-state index contributed by atoms with van der Waals surface area (Å²) in [6.45, 7) is 2.68. The fraction of sp³-hybridized carbons (Fsp3) is 0.500. The van der Waals surface area contributed by atoms with Crippen LogP contribution in [0.5, 0.6) is 0 Å². The van der Waals surface area contributed by atoms with Gasteiger partial charge in [0.2, 0.25) is 0 Å². The van der Waals surface area contributed by atoms with Crippen LogP contribution in [-0.2, 0) is 0 Å². The molecule has 0 saturated heterocycles. The van der Waals surface area contributed by atoms with Crippen molar-refractivity contribution in [2.75, 3.05) is 33.0 Å². The van der Waals surface area contributed by atoms with Gasteiger partial charge in [0.05, 0.1) is 0 Å². The van der Waals surface area contributed by atoms with Crippen LogP contribution in [0.4, 0.5) is 14.5 Å². The second-order valence-corrected chi connectivity index (χ2v) is 5.03. The lowest BCUT2D eigenvalue weighted by Gasteiger charge is -2.17. The summed E-state index contributed by atoms with van der Waals surface area (Å²) in [5, 5.41) is 5.14. The van der Waals surface area contributed by atoms with Crippen molar-refractivity contribution in [3.05, 3.63) is 29.3 Å². The Kier molecular flexibility index (Phi) is 5.88. The Balaban J connectivity index is 2.73. The van der Waals surface area contributed by atoms with E-state index in [-0.39, 0.29) is 17.3 Å². The average Bonchev–Trinajstić information content (AvgIpc) is 2.35. The Morgan fingerprint density at radius 3 is 2.30 bits per heavy atom. The molecule has 0 aliphatic heterocycles. The number of amides is 1. The zero-order valence-electron chi connectivity index (χ0n) is 12.3. The number of benzene rings is 1. The van der Waals surface area contributed by atoms with Gasteiger partial charge in [-0.2, -0.15) is 0 Å². The molecule has 0 saturated carbocycles. The van der Waals surface area contributed by atoms with E-state index in [0.29, 0.717) is 0 Å². The lowest BCUT2D eigenvalue weighted by molar-refractivity contribution is 0.0936. The summed E-state index contributed by atoms with van der Waals surface area (Å²) < 4.78 is 27.1. The molecule has 0 aromatic heterocycles. The van der Waals surface area contributed by atoms with Crippen LogP contribution in [0.1, 0.15) is 23.7 Å². The monoisotopic (exact) mass is 285 g/mol. The Hall–Kier alpha value is -1.69. The molecule has 1 atom stereocenters. The second-order valence-electron chi connectivity index (χ2n) is 5.03. The molecule has 1 rings (SSSR count). The van der Waals surface area contributed by atoms with Gasteiger partial charge < -0.3 is 15.5 Å². The Morgan fingerprint density at radius 1 is 1.30 bits per heavy atom. The van der Waals surface area contributed by atoms with E-state index in [0.717, 1.165) is 25.1 Å². The van der Waals surface area contributed by atoms with Crippen molar-refractivity contribution < 1.29 is 13.6 Å². The lowest BCUT2D eigenvalue weighted by Crippen LogP contribution is -2.34. The first-order chi connectivity index (χ1) is 9.35. The molecule has 1 unspecified atom stereocenters. The van der Waals surface area contributed by atoms with Crippen LogP contribution in [0.2, 0.25) is 0 Å². The van der Waals surface area contributed by atoms with Gasteiger partial charge in [-0.05, 0) is 46.1 Å². The molecule has 0 fully saturated rings. The quantitative estimate of drug-likeness (QED) is 0.841. The standard InChI is InChI=1S/C14H21F2N3O/c1-9(5-6-19(3)4)18-14(20)10-7-11(15)13(17-2)12(16)8-10/h7-9,17H,5-6H2,1-4H3,(H,18,20). The normalized spacial score (nSPS) is 12.3. The van der Waals surface area contributed by atoms with Gasteiger partial charge in [-0.25, -0.2) is 8.78 Å². The molecule has 112 valence electrons. The molecule has 0 aliphatic carbocycles. The van der Waals surface area contributed by atoms with Gasteiger partial charge in [-0.3, -0.25) is 4.79 Å². The maximum absolute atomic E-state index is 13.6. The molecular formula is C14H21F2N3O. The molecule has 4 nitrogen and oxygen atoms in total. The Morgan fingerprint density at radius 2 is 1.85 bits per heavy atom. The molecule has 1 amide bonds. The molecule has 0 aliphatic rings. The van der Waals surface area contributed by atoms with Crippen molar-refractivity contribution in [2.45, 2.75) is 19.4 Å². The third-order valence-electron chi connectivity index (χ3n) is 2.94. The van der Waals surface area contributed by atoms with Crippen LogP contribution >= 0.6 is 0 Å². The summed E-state index contributed by atoms with van der Waals surface area (Å²) in [6, 6.07) is 1.99. The van der Waals surface area contributed by atoms with Gasteiger partial charge in [-0.15, -0.1) is 0 Å². The van der Waals surface area contributed by atoms with E-state index in [9.17, 15) is 13.6 Å². The van der Waals surface area contributed by atoms with Gasteiger partial charge in [-0.1, -0.05) is 0 Å². The summed E-state index contributed by atoms with van der Waals surface area (Å²) in [5.74, 6) is -2.03. The zero-order valence-corrected chi connectivity index (χ0v) is 12.3. The summed E-state index contributed by atoms with van der Waals surface area (Å²) in [4.78, 5) is 13.9. The number of halogens is 2. The minimum atomic E-state index is -0.779. The third kappa shape index (κ3) is 4.45. The highest BCUT2D eigenvalue weighted by molar-refractivity contribution is 5.94. The predicted molar refractivity (Wildman–Crippen MR) is 76.0 cm³/mol. The van der Waals surface area contributed by atoms with E-state index in [4.69, 9.17) is 0 Å². The van der Waals surface area contributed by atoms with Crippen LogP contribution in [0.25, 0.3) is 0 Å². The minimum absolute atomic E-state index is 0.0179. The lowest BCUT2D eigenvalue weighted by atomic mass is 10.1. The number of rotatable bonds is 6. The predicted octanol–water partition coefficient (Wildman–Crippen LogP) is 2.08. The van der Waals surface area contributed by atoms with Crippen LogP contribution in [-0.4, -0.2) is 44.5 Å². The van der Waals surface area contributed by atoms with Gasteiger partial charge in [0.15, 0.2) is 0 Å². The Bertz CT molecular complexity index is 454. The van der Waals surface area contributed by atoms with Gasteiger partial charge in [0.1, 0.15) is 17.3 Å². The molecule has 1 aromatic rings.